The summed E-state index contributed by atoms with van der Waals surface area (Å²) in [4.78, 5) is 14.0. The van der Waals surface area contributed by atoms with E-state index in [-0.39, 0.29) is 10.8 Å². The van der Waals surface area contributed by atoms with Gasteiger partial charge in [0.15, 0.2) is 9.84 Å². The lowest BCUT2D eigenvalue weighted by atomic mass is 10.00. The highest BCUT2D eigenvalue weighted by Crippen LogP contribution is 2.21. The topological polar surface area (TPSA) is 54.5 Å². The Morgan fingerprint density at radius 3 is 2.60 bits per heavy atom. The molecular formula is C18H17ClFNO3S. The normalized spacial score (nSPS) is 14.2. The number of halogens is 2. The van der Waals surface area contributed by atoms with E-state index < -0.39 is 27.3 Å². The van der Waals surface area contributed by atoms with Gasteiger partial charge in [0, 0.05) is 18.1 Å². The molecule has 132 valence electrons. The van der Waals surface area contributed by atoms with Crippen LogP contribution in [0.2, 0.25) is 5.02 Å². The van der Waals surface area contributed by atoms with E-state index in [1.165, 1.54) is 11.6 Å². The third kappa shape index (κ3) is 4.38. The monoisotopic (exact) mass is 381 g/mol. The molecule has 3 rings (SSSR count). The molecule has 1 heterocycles. The van der Waals surface area contributed by atoms with Crippen LogP contribution in [0.15, 0.2) is 42.5 Å². The lowest BCUT2D eigenvalue weighted by Crippen LogP contribution is -2.39. The van der Waals surface area contributed by atoms with Gasteiger partial charge in [-0.2, -0.15) is 0 Å². The standard InChI is InChI=1S/C18H17ClFNO3S/c19-17-9-16(20)6-5-15(17)11-25(23,24)12-18(22)21-8-7-13-3-1-2-4-14(13)10-21/h1-6,9H,7-8,10-12H2. The number of sulfone groups is 1. The van der Waals surface area contributed by atoms with Crippen LogP contribution in [0, 0.1) is 5.82 Å². The maximum absolute atomic E-state index is 13.1. The van der Waals surface area contributed by atoms with Crippen LogP contribution in [0.3, 0.4) is 0 Å². The van der Waals surface area contributed by atoms with Gasteiger partial charge in [-0.1, -0.05) is 41.9 Å². The Balaban J connectivity index is 1.68. The number of fused-ring (bicyclic) bond motifs is 1. The molecule has 2 aromatic rings. The van der Waals surface area contributed by atoms with Crippen molar-refractivity contribution in [2.45, 2.75) is 18.7 Å². The first kappa shape index (κ1) is 17.9. The summed E-state index contributed by atoms with van der Waals surface area (Å²) in [5, 5.41) is 0.0444. The highest BCUT2D eigenvalue weighted by atomic mass is 35.5. The van der Waals surface area contributed by atoms with Gasteiger partial charge in [-0.3, -0.25) is 4.79 Å². The number of benzene rings is 2. The summed E-state index contributed by atoms with van der Waals surface area (Å²) >= 11 is 5.88. The molecule has 25 heavy (non-hydrogen) atoms. The summed E-state index contributed by atoms with van der Waals surface area (Å²) in [7, 11) is -3.69. The van der Waals surface area contributed by atoms with Crippen molar-refractivity contribution in [3.05, 3.63) is 70.0 Å². The number of amides is 1. The van der Waals surface area contributed by atoms with Crippen LogP contribution in [0.25, 0.3) is 0 Å². The highest BCUT2D eigenvalue weighted by Gasteiger charge is 2.25. The van der Waals surface area contributed by atoms with Crippen LogP contribution in [0.4, 0.5) is 4.39 Å². The summed E-state index contributed by atoms with van der Waals surface area (Å²) in [6.45, 7) is 0.921. The molecule has 0 aromatic heterocycles. The minimum atomic E-state index is -3.69. The van der Waals surface area contributed by atoms with E-state index in [1.807, 2.05) is 24.3 Å². The maximum Gasteiger partial charge on any atom is 0.238 e. The van der Waals surface area contributed by atoms with Crippen molar-refractivity contribution < 1.29 is 17.6 Å². The molecule has 0 spiro atoms. The SMILES string of the molecule is O=C(CS(=O)(=O)Cc1ccc(F)cc1Cl)N1CCc2ccccc2C1. The van der Waals surface area contributed by atoms with Crippen molar-refractivity contribution in [3.63, 3.8) is 0 Å². The van der Waals surface area contributed by atoms with Crippen LogP contribution in [-0.2, 0) is 33.4 Å². The second-order valence-corrected chi connectivity index (χ2v) is 8.57. The third-order valence-corrected chi connectivity index (χ3v) is 6.01. The molecular weight excluding hydrogens is 365 g/mol. The fourth-order valence-corrected chi connectivity index (χ4v) is 4.61. The zero-order valence-electron chi connectivity index (χ0n) is 13.4. The number of hydrogen-bond acceptors (Lipinski definition) is 3. The number of carbonyl (C=O) groups excluding carboxylic acids is 1. The number of hydrogen-bond donors (Lipinski definition) is 0. The van der Waals surface area contributed by atoms with Crippen LogP contribution in [0.1, 0.15) is 16.7 Å². The first-order valence-corrected chi connectivity index (χ1v) is 10.0. The Morgan fingerprint density at radius 1 is 1.16 bits per heavy atom. The Labute approximate surface area is 151 Å². The zero-order valence-corrected chi connectivity index (χ0v) is 15.0. The van der Waals surface area contributed by atoms with Gasteiger partial charge in [0.25, 0.3) is 0 Å². The molecule has 0 fully saturated rings. The van der Waals surface area contributed by atoms with E-state index in [0.29, 0.717) is 25.1 Å². The number of rotatable bonds is 4. The zero-order chi connectivity index (χ0) is 18.0. The molecule has 0 aliphatic carbocycles. The van der Waals surface area contributed by atoms with E-state index in [1.54, 1.807) is 4.90 Å². The van der Waals surface area contributed by atoms with Crippen LogP contribution >= 0.6 is 11.6 Å². The predicted octanol–water partition coefficient (Wildman–Crippen LogP) is 2.98. The Kier molecular flexibility index (Phi) is 5.11. The molecule has 0 atom stereocenters. The average Bonchev–Trinajstić information content (AvgIpc) is 2.56. The van der Waals surface area contributed by atoms with Gasteiger partial charge in [0.1, 0.15) is 11.6 Å². The quantitative estimate of drug-likeness (QED) is 0.818. The lowest BCUT2D eigenvalue weighted by Gasteiger charge is -2.28. The molecule has 1 aliphatic rings. The van der Waals surface area contributed by atoms with Crippen molar-refractivity contribution in [1.29, 1.82) is 0 Å². The van der Waals surface area contributed by atoms with Crippen LogP contribution in [-0.4, -0.2) is 31.5 Å². The van der Waals surface area contributed by atoms with E-state index in [4.69, 9.17) is 11.6 Å². The van der Waals surface area contributed by atoms with E-state index >= 15 is 0 Å². The first-order valence-electron chi connectivity index (χ1n) is 7.83. The van der Waals surface area contributed by atoms with E-state index in [2.05, 4.69) is 0 Å². The van der Waals surface area contributed by atoms with Crippen molar-refractivity contribution in [3.8, 4) is 0 Å². The Hall–Kier alpha value is -1.92. The van der Waals surface area contributed by atoms with Gasteiger partial charge in [-0.05, 0) is 35.2 Å². The second kappa shape index (κ2) is 7.14. The van der Waals surface area contributed by atoms with Gasteiger partial charge in [-0.25, -0.2) is 12.8 Å². The van der Waals surface area contributed by atoms with Crippen LogP contribution < -0.4 is 0 Å². The molecule has 0 radical (unpaired) electrons. The van der Waals surface area contributed by atoms with Gasteiger partial charge in [0.2, 0.25) is 5.91 Å². The molecule has 4 nitrogen and oxygen atoms in total. The summed E-state index contributed by atoms with van der Waals surface area (Å²) in [6.07, 6.45) is 0.714. The Morgan fingerprint density at radius 2 is 1.88 bits per heavy atom. The lowest BCUT2D eigenvalue weighted by molar-refractivity contribution is -0.129. The van der Waals surface area contributed by atoms with E-state index in [9.17, 15) is 17.6 Å². The summed E-state index contributed by atoms with van der Waals surface area (Å²) in [5.41, 5.74) is 2.52. The van der Waals surface area contributed by atoms with Gasteiger partial charge < -0.3 is 4.90 Å². The van der Waals surface area contributed by atoms with Crippen molar-refractivity contribution in [2.24, 2.45) is 0 Å². The fourth-order valence-electron chi connectivity index (χ4n) is 2.91. The van der Waals surface area contributed by atoms with Gasteiger partial charge in [0.05, 0.1) is 5.75 Å². The van der Waals surface area contributed by atoms with Crippen molar-refractivity contribution in [1.82, 2.24) is 4.90 Å². The summed E-state index contributed by atoms with van der Waals surface area (Å²) < 4.78 is 37.7. The molecule has 0 saturated carbocycles. The molecule has 0 saturated heterocycles. The number of nitrogens with zero attached hydrogens (tertiary/aromatic N) is 1. The molecule has 0 bridgehead atoms. The fraction of sp³-hybridized carbons (Fsp3) is 0.278. The predicted molar refractivity (Wildman–Crippen MR) is 94.5 cm³/mol. The van der Waals surface area contributed by atoms with Crippen LogP contribution in [0.5, 0.6) is 0 Å². The van der Waals surface area contributed by atoms with E-state index in [0.717, 1.165) is 17.7 Å². The minimum absolute atomic E-state index is 0.0444. The maximum atomic E-state index is 13.1. The molecule has 0 unspecified atom stereocenters. The molecule has 1 aliphatic heterocycles. The third-order valence-electron chi connectivity index (χ3n) is 4.22. The molecule has 0 N–H and O–H groups in total. The molecule has 7 heteroatoms. The number of carbonyl (C=O) groups is 1. The molecule has 1 amide bonds. The van der Waals surface area contributed by atoms with Crippen molar-refractivity contribution >= 4 is 27.3 Å². The second-order valence-electron chi connectivity index (χ2n) is 6.10. The smallest absolute Gasteiger partial charge is 0.238 e. The summed E-state index contributed by atoms with van der Waals surface area (Å²) in [6, 6.07) is 11.4. The van der Waals surface area contributed by atoms with Gasteiger partial charge in [-0.15, -0.1) is 0 Å². The first-order chi connectivity index (χ1) is 11.8. The largest absolute Gasteiger partial charge is 0.337 e. The summed E-state index contributed by atoms with van der Waals surface area (Å²) in [5.74, 6) is -1.92. The highest BCUT2D eigenvalue weighted by molar-refractivity contribution is 7.91. The average molecular weight is 382 g/mol. The minimum Gasteiger partial charge on any atom is -0.337 e. The van der Waals surface area contributed by atoms with Gasteiger partial charge >= 0.3 is 0 Å². The molecule has 2 aromatic carbocycles. The van der Waals surface area contributed by atoms with Crippen molar-refractivity contribution in [2.75, 3.05) is 12.3 Å². The Bertz CT molecular complexity index is 914.